The van der Waals surface area contributed by atoms with Crippen LogP contribution >= 0.6 is 0 Å². The van der Waals surface area contributed by atoms with Gasteiger partial charge in [0.15, 0.2) is 18.2 Å². The minimum atomic E-state index is -0.284. The lowest BCUT2D eigenvalue weighted by Gasteiger charge is -2.12. The number of carbonyl (C=O) groups excluding carboxylic acids is 1. The number of hydrogen-bond acceptors (Lipinski definition) is 4. The molecule has 0 aliphatic heterocycles. The Hall–Kier alpha value is -2.89. The third kappa shape index (κ3) is 5.39. The highest BCUT2D eigenvalue weighted by molar-refractivity contribution is 5.73. The van der Waals surface area contributed by atoms with Gasteiger partial charge < -0.3 is 24.8 Å². The van der Waals surface area contributed by atoms with E-state index in [9.17, 15) is 4.79 Å². The van der Waals surface area contributed by atoms with E-state index in [0.29, 0.717) is 18.0 Å². The highest BCUT2D eigenvalue weighted by Gasteiger charge is 2.04. The maximum atomic E-state index is 11.7. The Labute approximate surface area is 141 Å². The van der Waals surface area contributed by atoms with Crippen LogP contribution in [0.3, 0.4) is 0 Å². The summed E-state index contributed by atoms with van der Waals surface area (Å²) in [4.78, 5) is 11.7. The third-order valence-corrected chi connectivity index (χ3v) is 3.36. The van der Waals surface area contributed by atoms with E-state index in [1.165, 1.54) is 0 Å². The van der Waals surface area contributed by atoms with Crippen LogP contribution in [0.4, 0.5) is 4.79 Å². The molecule has 2 rings (SSSR count). The van der Waals surface area contributed by atoms with Gasteiger partial charge in [0.2, 0.25) is 0 Å². The molecule has 0 heterocycles. The number of urea groups is 1. The summed E-state index contributed by atoms with van der Waals surface area (Å²) in [5.74, 6) is 2.01. The molecule has 2 aromatic rings. The smallest absolute Gasteiger partial charge is 0.317 e. The number of amides is 2. The lowest BCUT2D eigenvalue weighted by Crippen LogP contribution is -2.38. The van der Waals surface area contributed by atoms with Crippen LogP contribution in [0.2, 0.25) is 0 Å². The molecule has 0 fully saturated rings. The van der Waals surface area contributed by atoms with Gasteiger partial charge in [-0.15, -0.1) is 0 Å². The molecule has 0 aliphatic rings. The van der Waals surface area contributed by atoms with E-state index in [1.54, 1.807) is 26.4 Å². The quantitative estimate of drug-likeness (QED) is 0.730. The van der Waals surface area contributed by atoms with Gasteiger partial charge >= 0.3 is 6.03 Å². The fourth-order valence-electron chi connectivity index (χ4n) is 2.13. The predicted octanol–water partition coefficient (Wildman–Crippen LogP) is 2.58. The zero-order chi connectivity index (χ0) is 17.2. The zero-order valence-electron chi connectivity index (χ0n) is 13.9. The van der Waals surface area contributed by atoms with Crippen LogP contribution in [-0.4, -0.2) is 33.5 Å². The summed E-state index contributed by atoms with van der Waals surface area (Å²) in [6.07, 6.45) is 0.720. The first kappa shape index (κ1) is 17.5. The van der Waals surface area contributed by atoms with E-state index in [1.807, 2.05) is 36.4 Å². The Kier molecular flexibility index (Phi) is 6.76. The van der Waals surface area contributed by atoms with Gasteiger partial charge in [-0.25, -0.2) is 4.79 Å². The minimum Gasteiger partial charge on any atom is -0.497 e. The second kappa shape index (κ2) is 9.29. The third-order valence-electron chi connectivity index (χ3n) is 3.36. The van der Waals surface area contributed by atoms with Crippen molar-refractivity contribution >= 4 is 6.03 Å². The van der Waals surface area contributed by atoms with Crippen LogP contribution in [0.1, 0.15) is 5.56 Å². The van der Waals surface area contributed by atoms with Crippen molar-refractivity contribution in [3.8, 4) is 17.2 Å². The van der Waals surface area contributed by atoms with Crippen molar-refractivity contribution in [1.82, 2.24) is 10.6 Å². The second-order valence-corrected chi connectivity index (χ2v) is 4.97. The van der Waals surface area contributed by atoms with Crippen molar-refractivity contribution in [2.24, 2.45) is 0 Å². The molecule has 24 heavy (non-hydrogen) atoms. The van der Waals surface area contributed by atoms with Gasteiger partial charge in [0.05, 0.1) is 14.2 Å². The van der Waals surface area contributed by atoms with Crippen LogP contribution in [0.25, 0.3) is 0 Å². The highest BCUT2D eigenvalue weighted by atomic mass is 16.5. The van der Waals surface area contributed by atoms with Gasteiger partial charge in [0, 0.05) is 6.54 Å². The lowest BCUT2D eigenvalue weighted by molar-refractivity contribution is 0.221. The van der Waals surface area contributed by atoms with E-state index in [0.717, 1.165) is 17.7 Å². The van der Waals surface area contributed by atoms with Gasteiger partial charge in [0.25, 0.3) is 0 Å². The van der Waals surface area contributed by atoms with Crippen molar-refractivity contribution in [2.45, 2.75) is 6.42 Å². The van der Waals surface area contributed by atoms with Gasteiger partial charge in [0.1, 0.15) is 5.75 Å². The Morgan fingerprint density at radius 3 is 2.50 bits per heavy atom. The molecule has 2 N–H and O–H groups in total. The number of ether oxygens (including phenoxy) is 3. The van der Waals surface area contributed by atoms with Crippen molar-refractivity contribution in [2.75, 3.05) is 27.5 Å². The average Bonchev–Trinajstić information content (AvgIpc) is 2.62. The number of para-hydroxylation sites is 2. The zero-order valence-corrected chi connectivity index (χ0v) is 13.9. The molecular formula is C18H22N2O4. The molecule has 0 spiro atoms. The monoisotopic (exact) mass is 330 g/mol. The first-order chi connectivity index (χ1) is 11.7. The van der Waals surface area contributed by atoms with Crippen LogP contribution < -0.4 is 24.8 Å². The fourth-order valence-corrected chi connectivity index (χ4v) is 2.13. The van der Waals surface area contributed by atoms with E-state index in [4.69, 9.17) is 14.2 Å². The number of methoxy groups -OCH3 is 2. The Morgan fingerprint density at radius 2 is 1.75 bits per heavy atom. The molecule has 6 nitrogen and oxygen atoms in total. The molecule has 0 aliphatic carbocycles. The number of hydrogen-bond donors (Lipinski definition) is 2. The molecule has 2 aromatic carbocycles. The summed E-state index contributed by atoms with van der Waals surface area (Å²) < 4.78 is 15.8. The van der Waals surface area contributed by atoms with Gasteiger partial charge in [-0.3, -0.25) is 0 Å². The Balaban J connectivity index is 1.68. The number of benzene rings is 2. The fraction of sp³-hybridized carbons (Fsp3) is 0.278. The van der Waals surface area contributed by atoms with E-state index < -0.39 is 0 Å². The molecule has 0 aromatic heterocycles. The van der Waals surface area contributed by atoms with Crippen LogP contribution in [0, 0.1) is 0 Å². The van der Waals surface area contributed by atoms with Crippen LogP contribution in [-0.2, 0) is 6.42 Å². The normalized spacial score (nSPS) is 9.92. The van der Waals surface area contributed by atoms with Gasteiger partial charge in [-0.2, -0.15) is 0 Å². The summed E-state index contributed by atoms with van der Waals surface area (Å²) in [6, 6.07) is 14.7. The van der Waals surface area contributed by atoms with E-state index in [-0.39, 0.29) is 12.8 Å². The van der Waals surface area contributed by atoms with E-state index >= 15 is 0 Å². The lowest BCUT2D eigenvalue weighted by atomic mass is 10.1. The standard InChI is InChI=1S/C18H22N2O4/c1-22-15-7-5-6-14(12-15)10-11-19-18(21)20-13-24-17-9-4-3-8-16(17)23-2/h3-9,12H,10-11,13H2,1-2H3,(H2,19,20,21). The number of rotatable bonds is 8. The molecule has 0 bridgehead atoms. The molecule has 2 amide bonds. The average molecular weight is 330 g/mol. The highest BCUT2D eigenvalue weighted by Crippen LogP contribution is 2.25. The summed E-state index contributed by atoms with van der Waals surface area (Å²) >= 11 is 0. The Bertz CT molecular complexity index is 661. The molecule has 0 saturated carbocycles. The Morgan fingerprint density at radius 1 is 0.958 bits per heavy atom. The SMILES string of the molecule is COc1cccc(CCNC(=O)NCOc2ccccc2OC)c1. The van der Waals surface area contributed by atoms with Crippen molar-refractivity contribution in [1.29, 1.82) is 0 Å². The predicted molar refractivity (Wildman–Crippen MR) is 91.7 cm³/mol. The molecule has 128 valence electrons. The first-order valence-corrected chi connectivity index (χ1v) is 7.63. The van der Waals surface area contributed by atoms with Gasteiger partial charge in [-0.05, 0) is 36.2 Å². The topological polar surface area (TPSA) is 68.8 Å². The largest absolute Gasteiger partial charge is 0.497 e. The summed E-state index contributed by atoms with van der Waals surface area (Å²) in [5.41, 5.74) is 1.10. The molecule has 0 atom stereocenters. The summed E-state index contributed by atoms with van der Waals surface area (Å²) in [6.45, 7) is 0.582. The maximum absolute atomic E-state index is 11.7. The molecule has 6 heteroatoms. The van der Waals surface area contributed by atoms with E-state index in [2.05, 4.69) is 10.6 Å². The number of nitrogens with one attached hydrogen (secondary N) is 2. The molecule has 0 unspecified atom stereocenters. The molecule has 0 saturated heterocycles. The summed E-state index contributed by atoms with van der Waals surface area (Å²) in [7, 11) is 3.20. The molecular weight excluding hydrogens is 308 g/mol. The van der Waals surface area contributed by atoms with Crippen LogP contribution in [0.15, 0.2) is 48.5 Å². The molecule has 0 radical (unpaired) electrons. The van der Waals surface area contributed by atoms with Crippen molar-refractivity contribution in [3.05, 3.63) is 54.1 Å². The van der Waals surface area contributed by atoms with Crippen molar-refractivity contribution < 1.29 is 19.0 Å². The second-order valence-electron chi connectivity index (χ2n) is 4.97. The first-order valence-electron chi connectivity index (χ1n) is 7.63. The summed E-state index contributed by atoms with van der Waals surface area (Å²) in [5, 5.41) is 5.42. The van der Waals surface area contributed by atoms with Gasteiger partial charge in [-0.1, -0.05) is 24.3 Å². The minimum absolute atomic E-state index is 0.0609. The van der Waals surface area contributed by atoms with Crippen LogP contribution in [0.5, 0.6) is 17.2 Å². The number of carbonyl (C=O) groups is 1. The maximum Gasteiger partial charge on any atom is 0.317 e. The van der Waals surface area contributed by atoms with Crippen molar-refractivity contribution in [3.63, 3.8) is 0 Å².